The number of aliphatic hydroxyl groups excluding tert-OH is 1. The number of hydrogen-bond donors (Lipinski definition) is 2. The molecule has 124 valence electrons. The molecule has 1 aliphatic heterocycles. The first-order chi connectivity index (χ1) is 11.6. The Balaban J connectivity index is 1.83. The highest BCUT2D eigenvalue weighted by Crippen LogP contribution is 2.39. The molecule has 2 aromatic heterocycles. The van der Waals surface area contributed by atoms with Gasteiger partial charge in [-0.2, -0.15) is 5.10 Å². The number of aromatic nitrogens is 4. The van der Waals surface area contributed by atoms with E-state index in [2.05, 4.69) is 9.97 Å². The van der Waals surface area contributed by atoms with Crippen LogP contribution in [-0.2, 0) is 6.54 Å². The smallest absolute Gasteiger partial charge is 0.164 e. The second-order valence-corrected chi connectivity index (χ2v) is 8.57. The minimum atomic E-state index is -0.350. The second kappa shape index (κ2) is 6.44. The molecular weight excluding hydrogens is 366 g/mol. The van der Waals surface area contributed by atoms with Gasteiger partial charge in [-0.05, 0) is 12.1 Å². The summed E-state index contributed by atoms with van der Waals surface area (Å²) in [6.07, 6.45) is 1.09. The maximum Gasteiger partial charge on any atom is 0.164 e. The molecule has 3 aromatic rings. The van der Waals surface area contributed by atoms with Crippen LogP contribution in [0.1, 0.15) is 0 Å². The van der Waals surface area contributed by atoms with Gasteiger partial charge in [0.1, 0.15) is 17.8 Å². The molecule has 1 aromatic carbocycles. The van der Waals surface area contributed by atoms with E-state index in [9.17, 15) is 5.11 Å². The Morgan fingerprint density at radius 2 is 2.08 bits per heavy atom. The Morgan fingerprint density at radius 3 is 2.79 bits per heavy atom. The average Bonchev–Trinajstić information content (AvgIpc) is 3.14. The molecule has 0 aliphatic carbocycles. The molecule has 0 radical (unpaired) electrons. The molecule has 9 heteroatoms. The molecule has 0 amide bonds. The third kappa shape index (κ3) is 2.83. The van der Waals surface area contributed by atoms with E-state index in [1.807, 2.05) is 28.9 Å². The van der Waals surface area contributed by atoms with Gasteiger partial charge in [0.2, 0.25) is 0 Å². The van der Waals surface area contributed by atoms with Gasteiger partial charge >= 0.3 is 0 Å². The van der Waals surface area contributed by atoms with Crippen LogP contribution in [0.4, 0.5) is 5.82 Å². The third-order valence-corrected chi connectivity index (χ3v) is 7.02. The van der Waals surface area contributed by atoms with Crippen LogP contribution in [-0.4, -0.2) is 42.0 Å². The largest absolute Gasteiger partial charge is 0.391 e. The molecule has 0 spiro atoms. The maximum absolute atomic E-state index is 10.1. The zero-order valence-electron chi connectivity index (χ0n) is 12.5. The Morgan fingerprint density at radius 1 is 1.29 bits per heavy atom. The number of nitrogen functional groups attached to an aromatic ring is 1. The van der Waals surface area contributed by atoms with Crippen LogP contribution in [0.25, 0.3) is 22.3 Å². The van der Waals surface area contributed by atoms with Gasteiger partial charge in [-0.25, -0.2) is 14.6 Å². The fourth-order valence-electron chi connectivity index (χ4n) is 2.66. The minimum Gasteiger partial charge on any atom is -0.391 e. The van der Waals surface area contributed by atoms with Gasteiger partial charge in [-0.3, -0.25) is 0 Å². The van der Waals surface area contributed by atoms with Gasteiger partial charge in [0.25, 0.3) is 0 Å². The summed E-state index contributed by atoms with van der Waals surface area (Å²) in [5.74, 6) is 1.13. The molecule has 3 N–H and O–H groups in total. The second-order valence-electron chi connectivity index (χ2n) is 5.48. The lowest BCUT2D eigenvalue weighted by molar-refractivity contribution is 0.191. The zero-order chi connectivity index (χ0) is 16.7. The van der Waals surface area contributed by atoms with Crippen molar-refractivity contribution in [2.75, 3.05) is 11.5 Å². The first-order valence-electron chi connectivity index (χ1n) is 7.33. The molecule has 24 heavy (non-hydrogen) atoms. The lowest BCUT2D eigenvalue weighted by Gasteiger charge is -2.12. The van der Waals surface area contributed by atoms with Gasteiger partial charge in [0.15, 0.2) is 5.65 Å². The number of fused-ring (bicyclic) bond motifs is 1. The standard InChI is InChI=1S/C15H14ClN5OS2/c16-9-3-1-8(2-4-9)13-12-14(17)18-7-19-15(12)21(20-13)5-11-10(22)6-23-24-11/h1-4,7,10-11,22H,5-6H2,(H2,17,18,19)/t10-,11+/m1/s1. The first kappa shape index (κ1) is 16.0. The average molecular weight is 380 g/mol. The van der Waals surface area contributed by atoms with Crippen LogP contribution in [0.15, 0.2) is 30.6 Å². The molecule has 1 saturated heterocycles. The molecule has 1 aliphatic rings. The van der Waals surface area contributed by atoms with E-state index in [1.54, 1.807) is 21.6 Å². The summed E-state index contributed by atoms with van der Waals surface area (Å²) >= 11 is 5.98. The van der Waals surface area contributed by atoms with Crippen molar-refractivity contribution in [1.29, 1.82) is 0 Å². The van der Waals surface area contributed by atoms with Crippen molar-refractivity contribution in [2.45, 2.75) is 17.9 Å². The van der Waals surface area contributed by atoms with Crippen molar-refractivity contribution in [3.8, 4) is 11.3 Å². The van der Waals surface area contributed by atoms with E-state index in [0.29, 0.717) is 23.0 Å². The molecule has 4 rings (SSSR count). The van der Waals surface area contributed by atoms with Crippen molar-refractivity contribution in [3.05, 3.63) is 35.6 Å². The van der Waals surface area contributed by atoms with Gasteiger partial charge in [-0.15, -0.1) is 0 Å². The number of nitrogens with two attached hydrogens (primary N) is 1. The van der Waals surface area contributed by atoms with Crippen molar-refractivity contribution in [2.24, 2.45) is 0 Å². The van der Waals surface area contributed by atoms with Gasteiger partial charge < -0.3 is 10.8 Å². The van der Waals surface area contributed by atoms with Crippen LogP contribution in [0, 0.1) is 0 Å². The number of halogens is 1. The van der Waals surface area contributed by atoms with E-state index in [0.717, 1.165) is 22.4 Å². The summed E-state index contributed by atoms with van der Waals surface area (Å²) < 4.78 is 1.81. The Kier molecular flexibility index (Phi) is 4.29. The van der Waals surface area contributed by atoms with Gasteiger partial charge in [0.05, 0.1) is 23.3 Å². The van der Waals surface area contributed by atoms with Crippen molar-refractivity contribution < 1.29 is 5.11 Å². The SMILES string of the molecule is Nc1ncnc2c1c(-c1ccc(Cl)cc1)nn2C[C@@H]1SSC[C@H]1O. The Labute approximate surface area is 151 Å². The topological polar surface area (TPSA) is 89.9 Å². The first-order valence-corrected chi connectivity index (χ1v) is 10.1. The normalized spacial score (nSPS) is 20.8. The highest BCUT2D eigenvalue weighted by Gasteiger charge is 2.29. The van der Waals surface area contributed by atoms with Crippen LogP contribution < -0.4 is 5.73 Å². The predicted octanol–water partition coefficient (Wildman–Crippen LogP) is 2.85. The van der Waals surface area contributed by atoms with Crippen LogP contribution >= 0.6 is 33.2 Å². The van der Waals surface area contributed by atoms with Crippen molar-refractivity contribution in [3.63, 3.8) is 0 Å². The molecule has 3 heterocycles. The third-order valence-electron chi connectivity index (χ3n) is 3.89. The highest BCUT2D eigenvalue weighted by atomic mass is 35.5. The number of rotatable bonds is 3. The van der Waals surface area contributed by atoms with Crippen molar-refractivity contribution >= 4 is 50.0 Å². The van der Waals surface area contributed by atoms with Crippen LogP contribution in [0.3, 0.4) is 0 Å². The summed E-state index contributed by atoms with van der Waals surface area (Å²) in [5, 5.41) is 16.2. The van der Waals surface area contributed by atoms with Crippen molar-refractivity contribution in [1.82, 2.24) is 19.7 Å². The monoisotopic (exact) mass is 379 g/mol. The van der Waals surface area contributed by atoms with Gasteiger partial charge in [0, 0.05) is 16.3 Å². The molecule has 1 fully saturated rings. The van der Waals surface area contributed by atoms with Crippen LogP contribution in [0.2, 0.25) is 5.02 Å². The molecule has 2 atom stereocenters. The molecule has 0 unspecified atom stereocenters. The summed E-state index contributed by atoms with van der Waals surface area (Å²) in [7, 11) is 3.36. The number of nitrogens with zero attached hydrogens (tertiary/aromatic N) is 4. The lowest BCUT2D eigenvalue weighted by atomic mass is 10.1. The number of hydrogen-bond acceptors (Lipinski definition) is 7. The number of anilines is 1. The predicted molar refractivity (Wildman–Crippen MR) is 100 cm³/mol. The molecular formula is C15H14ClN5OS2. The molecule has 0 bridgehead atoms. The molecule has 0 saturated carbocycles. The Hall–Kier alpha value is -1.48. The Bertz CT molecular complexity index is 885. The van der Waals surface area contributed by atoms with Gasteiger partial charge in [-0.1, -0.05) is 45.3 Å². The summed E-state index contributed by atoms with van der Waals surface area (Å²) in [6.45, 7) is 0.569. The summed E-state index contributed by atoms with van der Waals surface area (Å²) in [6, 6.07) is 7.43. The van der Waals surface area contributed by atoms with Crippen LogP contribution in [0.5, 0.6) is 0 Å². The lowest BCUT2D eigenvalue weighted by Crippen LogP contribution is -2.25. The number of aliphatic hydroxyl groups is 1. The van der Waals surface area contributed by atoms with E-state index in [4.69, 9.17) is 22.4 Å². The highest BCUT2D eigenvalue weighted by molar-refractivity contribution is 8.77. The van der Waals surface area contributed by atoms with E-state index >= 15 is 0 Å². The summed E-state index contributed by atoms with van der Waals surface area (Å²) in [4.78, 5) is 8.46. The fourth-order valence-corrected chi connectivity index (χ4v) is 5.70. The summed E-state index contributed by atoms with van der Waals surface area (Å²) in [5.41, 5.74) is 8.39. The minimum absolute atomic E-state index is 0.0763. The fraction of sp³-hybridized carbons (Fsp3) is 0.267. The van der Waals surface area contributed by atoms with E-state index < -0.39 is 0 Å². The van der Waals surface area contributed by atoms with E-state index in [1.165, 1.54) is 6.33 Å². The molecule has 6 nitrogen and oxygen atoms in total. The quantitative estimate of drug-likeness (QED) is 0.676. The van der Waals surface area contributed by atoms with E-state index in [-0.39, 0.29) is 11.4 Å². The number of benzene rings is 1. The maximum atomic E-state index is 10.1. The zero-order valence-corrected chi connectivity index (χ0v) is 14.9.